The molecule has 0 unspecified atom stereocenters. The maximum Gasteiger partial charge on any atom is 0.221 e. The van der Waals surface area contributed by atoms with Gasteiger partial charge in [-0.3, -0.25) is 0 Å². The first kappa shape index (κ1) is 11.6. The molecule has 1 aromatic heterocycles. The van der Waals surface area contributed by atoms with Gasteiger partial charge in [-0.15, -0.1) is 10.2 Å². The van der Waals surface area contributed by atoms with Crippen molar-refractivity contribution in [1.82, 2.24) is 15.5 Å². The fraction of sp³-hybridized carbons (Fsp3) is 0.833. The van der Waals surface area contributed by atoms with Gasteiger partial charge in [0.05, 0.1) is 0 Å². The first-order valence-electron chi connectivity index (χ1n) is 6.12. The van der Waals surface area contributed by atoms with Gasteiger partial charge in [-0.2, -0.15) is 0 Å². The van der Waals surface area contributed by atoms with Crippen LogP contribution in [0.5, 0.6) is 0 Å². The van der Waals surface area contributed by atoms with Gasteiger partial charge in [0.2, 0.25) is 11.8 Å². The van der Waals surface area contributed by atoms with Crippen molar-refractivity contribution >= 4 is 0 Å². The summed E-state index contributed by atoms with van der Waals surface area (Å²) in [5.74, 6) is 1.50. The summed E-state index contributed by atoms with van der Waals surface area (Å²) in [5, 5.41) is 11.6. The number of nitrogens with one attached hydrogen (secondary N) is 1. The van der Waals surface area contributed by atoms with E-state index in [0.717, 1.165) is 37.2 Å². The molecular weight excluding hydrogens is 202 g/mol. The molecule has 0 saturated heterocycles. The second-order valence-corrected chi connectivity index (χ2v) is 5.58. The van der Waals surface area contributed by atoms with E-state index in [0.29, 0.717) is 0 Å². The Morgan fingerprint density at radius 2 is 2.06 bits per heavy atom. The Labute approximate surface area is 96.8 Å². The van der Waals surface area contributed by atoms with Crippen molar-refractivity contribution in [2.45, 2.75) is 57.9 Å². The Hall–Kier alpha value is -0.900. The van der Waals surface area contributed by atoms with Gasteiger partial charge in [0.15, 0.2) is 0 Å². The van der Waals surface area contributed by atoms with E-state index in [2.05, 4.69) is 36.3 Å². The van der Waals surface area contributed by atoms with Gasteiger partial charge in [-0.05, 0) is 25.8 Å². The molecule has 0 bridgehead atoms. The third-order valence-corrected chi connectivity index (χ3v) is 2.69. The third-order valence-electron chi connectivity index (χ3n) is 2.69. The molecule has 0 spiro atoms. The van der Waals surface area contributed by atoms with Crippen molar-refractivity contribution in [3.05, 3.63) is 11.8 Å². The normalized spacial score (nSPS) is 16.7. The lowest BCUT2D eigenvalue weighted by Crippen LogP contribution is -2.17. The molecule has 1 aromatic rings. The molecule has 4 heteroatoms. The highest BCUT2D eigenvalue weighted by molar-refractivity contribution is 4.96. The zero-order chi connectivity index (χ0) is 11.6. The van der Waals surface area contributed by atoms with Gasteiger partial charge in [0, 0.05) is 17.9 Å². The minimum Gasteiger partial charge on any atom is -0.425 e. The lowest BCUT2D eigenvalue weighted by Gasteiger charge is -2.10. The lowest BCUT2D eigenvalue weighted by atomic mass is 9.97. The van der Waals surface area contributed by atoms with E-state index in [1.165, 1.54) is 12.8 Å². The molecule has 0 amide bonds. The van der Waals surface area contributed by atoms with Crippen LogP contribution in [0.2, 0.25) is 0 Å². The SMILES string of the molecule is CC(C)(C)c1nnc(CCCNC2CC2)o1. The Morgan fingerprint density at radius 1 is 1.31 bits per heavy atom. The Kier molecular flexibility index (Phi) is 3.28. The molecule has 1 aliphatic carbocycles. The van der Waals surface area contributed by atoms with Crippen LogP contribution in [0.1, 0.15) is 51.8 Å². The van der Waals surface area contributed by atoms with Crippen molar-refractivity contribution < 1.29 is 4.42 Å². The van der Waals surface area contributed by atoms with E-state index in [4.69, 9.17) is 4.42 Å². The van der Waals surface area contributed by atoms with Crippen LogP contribution >= 0.6 is 0 Å². The van der Waals surface area contributed by atoms with Gasteiger partial charge >= 0.3 is 0 Å². The van der Waals surface area contributed by atoms with Crippen molar-refractivity contribution in [1.29, 1.82) is 0 Å². The van der Waals surface area contributed by atoms with Crippen LogP contribution in [-0.4, -0.2) is 22.8 Å². The van der Waals surface area contributed by atoms with Crippen molar-refractivity contribution in [2.75, 3.05) is 6.54 Å². The van der Waals surface area contributed by atoms with E-state index >= 15 is 0 Å². The van der Waals surface area contributed by atoms with Gasteiger partial charge in [-0.25, -0.2) is 0 Å². The maximum atomic E-state index is 5.62. The first-order valence-corrected chi connectivity index (χ1v) is 6.12. The minimum absolute atomic E-state index is 0.0441. The topological polar surface area (TPSA) is 51.0 Å². The molecule has 0 atom stereocenters. The number of rotatable bonds is 5. The van der Waals surface area contributed by atoms with Crippen molar-refractivity contribution in [3.63, 3.8) is 0 Å². The largest absolute Gasteiger partial charge is 0.425 e. The van der Waals surface area contributed by atoms with E-state index in [9.17, 15) is 0 Å². The van der Waals surface area contributed by atoms with Crippen LogP contribution in [0.15, 0.2) is 4.42 Å². The molecule has 0 radical (unpaired) electrons. The van der Waals surface area contributed by atoms with Crippen LogP contribution in [0.3, 0.4) is 0 Å². The molecular formula is C12H21N3O. The maximum absolute atomic E-state index is 5.62. The summed E-state index contributed by atoms with van der Waals surface area (Å²) in [6, 6.07) is 0.785. The Morgan fingerprint density at radius 3 is 2.62 bits per heavy atom. The molecule has 0 aliphatic heterocycles. The summed E-state index contributed by atoms with van der Waals surface area (Å²) in [6.07, 6.45) is 4.63. The quantitative estimate of drug-likeness (QED) is 0.776. The van der Waals surface area contributed by atoms with E-state index in [-0.39, 0.29) is 5.41 Å². The standard InChI is InChI=1S/C12H21N3O/c1-12(2,3)11-15-14-10(16-11)5-4-8-13-9-6-7-9/h9,13H,4-8H2,1-3H3. The van der Waals surface area contributed by atoms with E-state index < -0.39 is 0 Å². The molecule has 1 saturated carbocycles. The van der Waals surface area contributed by atoms with Gasteiger partial charge in [0.1, 0.15) is 0 Å². The summed E-state index contributed by atoms with van der Waals surface area (Å²) in [5.41, 5.74) is -0.0441. The molecule has 0 aromatic carbocycles. The molecule has 90 valence electrons. The predicted molar refractivity (Wildman–Crippen MR) is 62.3 cm³/mol. The molecule has 4 nitrogen and oxygen atoms in total. The van der Waals surface area contributed by atoms with Gasteiger partial charge in [0.25, 0.3) is 0 Å². The molecule has 1 aliphatic rings. The Bertz CT molecular complexity index is 336. The minimum atomic E-state index is -0.0441. The number of nitrogens with zero attached hydrogens (tertiary/aromatic N) is 2. The fourth-order valence-electron chi connectivity index (χ4n) is 1.49. The van der Waals surface area contributed by atoms with Crippen LogP contribution < -0.4 is 5.32 Å². The molecule has 16 heavy (non-hydrogen) atoms. The summed E-state index contributed by atoms with van der Waals surface area (Å²) in [4.78, 5) is 0. The summed E-state index contributed by atoms with van der Waals surface area (Å²) in [7, 11) is 0. The zero-order valence-corrected chi connectivity index (χ0v) is 10.4. The fourth-order valence-corrected chi connectivity index (χ4v) is 1.49. The van der Waals surface area contributed by atoms with Crippen molar-refractivity contribution in [2.24, 2.45) is 0 Å². The summed E-state index contributed by atoms with van der Waals surface area (Å²) < 4.78 is 5.62. The van der Waals surface area contributed by atoms with Gasteiger partial charge in [-0.1, -0.05) is 20.8 Å². The van der Waals surface area contributed by atoms with E-state index in [1.54, 1.807) is 0 Å². The summed E-state index contributed by atoms with van der Waals surface area (Å²) in [6.45, 7) is 7.30. The zero-order valence-electron chi connectivity index (χ0n) is 10.4. The van der Waals surface area contributed by atoms with Crippen molar-refractivity contribution in [3.8, 4) is 0 Å². The number of aromatic nitrogens is 2. The van der Waals surface area contributed by atoms with E-state index in [1.807, 2.05) is 0 Å². The highest BCUT2D eigenvalue weighted by atomic mass is 16.4. The van der Waals surface area contributed by atoms with Gasteiger partial charge < -0.3 is 9.73 Å². The molecule has 1 N–H and O–H groups in total. The van der Waals surface area contributed by atoms with Crippen LogP contribution in [-0.2, 0) is 11.8 Å². The van der Waals surface area contributed by atoms with Crippen LogP contribution in [0.25, 0.3) is 0 Å². The monoisotopic (exact) mass is 223 g/mol. The smallest absolute Gasteiger partial charge is 0.221 e. The number of aryl methyl sites for hydroxylation is 1. The highest BCUT2D eigenvalue weighted by Crippen LogP contribution is 2.21. The average Bonchev–Trinajstić information content (AvgIpc) is 2.88. The average molecular weight is 223 g/mol. The number of hydrogen-bond acceptors (Lipinski definition) is 4. The number of hydrogen-bond donors (Lipinski definition) is 1. The van der Waals surface area contributed by atoms with Crippen LogP contribution in [0, 0.1) is 0 Å². The second-order valence-electron chi connectivity index (χ2n) is 5.58. The third kappa shape index (κ3) is 3.30. The summed E-state index contributed by atoms with van der Waals surface area (Å²) >= 11 is 0. The molecule has 1 fully saturated rings. The first-order chi connectivity index (χ1) is 7.55. The highest BCUT2D eigenvalue weighted by Gasteiger charge is 2.22. The Balaban J connectivity index is 1.73. The molecule has 2 rings (SSSR count). The predicted octanol–water partition coefficient (Wildman–Crippen LogP) is 2.05. The van der Waals surface area contributed by atoms with Crippen LogP contribution in [0.4, 0.5) is 0 Å². The molecule has 1 heterocycles. The lowest BCUT2D eigenvalue weighted by molar-refractivity contribution is 0.369. The second kappa shape index (κ2) is 4.53.